The number of carbonyl (C=O) groups excluding carboxylic acids is 1. The third-order valence-electron chi connectivity index (χ3n) is 4.66. The van der Waals surface area contributed by atoms with E-state index in [1.807, 2.05) is 0 Å². The lowest BCUT2D eigenvalue weighted by molar-refractivity contribution is 0.0993. The molecule has 0 radical (unpaired) electrons. The van der Waals surface area contributed by atoms with Crippen molar-refractivity contribution in [1.82, 2.24) is 0 Å². The number of anilines is 1. The highest BCUT2D eigenvalue weighted by Gasteiger charge is 2.23. The molecule has 2 aromatic heterocycles. The number of amides is 1. The number of benzene rings is 1. The van der Waals surface area contributed by atoms with Crippen molar-refractivity contribution in [3.8, 4) is 11.8 Å². The maximum atomic E-state index is 13.1. The fourth-order valence-electron chi connectivity index (χ4n) is 3.26. The van der Waals surface area contributed by atoms with Crippen LogP contribution in [0.5, 0.6) is 5.75 Å². The summed E-state index contributed by atoms with van der Waals surface area (Å²) in [7, 11) is 0. The van der Waals surface area contributed by atoms with Crippen LogP contribution in [0, 0.1) is 17.1 Å². The Bertz CT molecular complexity index is 1120. The molecule has 0 saturated heterocycles. The molecule has 1 N–H and O–H groups in total. The average Bonchev–Trinajstić information content (AvgIpc) is 3.31. The molecule has 29 heavy (non-hydrogen) atoms. The van der Waals surface area contributed by atoms with E-state index in [0.29, 0.717) is 22.1 Å². The largest absolute Gasteiger partial charge is 0.484 e. The monoisotopic (exact) mass is 430 g/mol. The average molecular weight is 431 g/mol. The van der Waals surface area contributed by atoms with Gasteiger partial charge in [0.25, 0.3) is 5.91 Å². The molecule has 148 valence electrons. The molecule has 0 atom stereocenters. The minimum absolute atomic E-state index is 0.0371. The first kappa shape index (κ1) is 19.5. The molecule has 8 heteroatoms. The molecule has 0 bridgehead atoms. The third-order valence-corrected chi connectivity index (χ3v) is 6.16. The molecule has 4 rings (SSSR count). The Balaban J connectivity index is 1.44. The second-order valence-electron chi connectivity index (χ2n) is 6.61. The van der Waals surface area contributed by atoms with Gasteiger partial charge in [-0.15, -0.1) is 11.3 Å². The first-order valence-corrected chi connectivity index (χ1v) is 10.3. The van der Waals surface area contributed by atoms with Gasteiger partial charge in [0.15, 0.2) is 5.76 Å². The fourth-order valence-corrected chi connectivity index (χ4v) is 4.71. The second-order valence-corrected chi connectivity index (χ2v) is 8.12. The Morgan fingerprint density at radius 3 is 2.93 bits per heavy atom. The smallest absolute Gasteiger partial charge is 0.292 e. The van der Waals surface area contributed by atoms with Crippen LogP contribution in [0.4, 0.5) is 9.39 Å². The quantitative estimate of drug-likeness (QED) is 0.562. The predicted molar refractivity (Wildman–Crippen MR) is 108 cm³/mol. The highest BCUT2D eigenvalue weighted by atomic mass is 35.5. The van der Waals surface area contributed by atoms with Crippen LogP contribution in [-0.2, 0) is 19.4 Å². The number of nitriles is 1. The number of hydrogen-bond donors (Lipinski definition) is 1. The van der Waals surface area contributed by atoms with Crippen molar-refractivity contribution in [2.75, 3.05) is 5.32 Å². The van der Waals surface area contributed by atoms with Crippen molar-refractivity contribution in [2.24, 2.45) is 0 Å². The number of nitrogens with zero attached hydrogens (tertiary/aromatic N) is 1. The molecule has 3 aromatic rings. The van der Waals surface area contributed by atoms with E-state index < -0.39 is 11.7 Å². The summed E-state index contributed by atoms with van der Waals surface area (Å²) in [5, 5.41) is 13.0. The van der Waals surface area contributed by atoms with Gasteiger partial charge in [0.2, 0.25) is 0 Å². The molecule has 1 aliphatic carbocycles. The van der Waals surface area contributed by atoms with E-state index in [-0.39, 0.29) is 17.4 Å². The number of halogens is 2. The number of nitrogens with one attached hydrogen (secondary N) is 1. The molecule has 0 spiro atoms. The normalized spacial score (nSPS) is 12.9. The summed E-state index contributed by atoms with van der Waals surface area (Å²) in [5.41, 5.74) is 1.61. The van der Waals surface area contributed by atoms with Crippen LogP contribution < -0.4 is 10.1 Å². The van der Waals surface area contributed by atoms with E-state index in [9.17, 15) is 14.4 Å². The number of carbonyl (C=O) groups is 1. The van der Waals surface area contributed by atoms with Gasteiger partial charge in [-0.2, -0.15) is 5.26 Å². The number of rotatable bonds is 5. The SMILES string of the molecule is N#Cc1c(NC(=O)c2ccc(COc3ccc(F)cc3Cl)o2)sc2c1CCCC2. The first-order valence-electron chi connectivity index (χ1n) is 9.07. The number of aryl methyl sites for hydroxylation is 1. The molecule has 1 amide bonds. The van der Waals surface area contributed by atoms with Crippen molar-refractivity contribution in [1.29, 1.82) is 5.26 Å². The fraction of sp³-hybridized carbons (Fsp3) is 0.238. The second kappa shape index (κ2) is 8.27. The molecule has 5 nitrogen and oxygen atoms in total. The molecule has 0 fully saturated rings. The van der Waals surface area contributed by atoms with E-state index in [2.05, 4.69) is 11.4 Å². The maximum absolute atomic E-state index is 13.1. The number of ether oxygens (including phenoxy) is 1. The highest BCUT2D eigenvalue weighted by molar-refractivity contribution is 7.16. The summed E-state index contributed by atoms with van der Waals surface area (Å²) in [4.78, 5) is 13.7. The van der Waals surface area contributed by atoms with Crippen molar-refractivity contribution >= 4 is 33.8 Å². The van der Waals surface area contributed by atoms with E-state index >= 15 is 0 Å². The van der Waals surface area contributed by atoms with Crippen LogP contribution >= 0.6 is 22.9 Å². The van der Waals surface area contributed by atoms with Gasteiger partial charge in [0, 0.05) is 4.88 Å². The van der Waals surface area contributed by atoms with Crippen LogP contribution in [0.3, 0.4) is 0 Å². The molecule has 0 aliphatic heterocycles. The molecular formula is C21H16ClFN2O3S. The standard InChI is InChI=1S/C21H16ClFN2O3S/c22-16-9-12(23)5-7-17(16)27-11-13-6-8-18(28-13)20(26)25-21-15(10-24)14-3-1-2-4-19(14)29-21/h5-9H,1-4,11H2,(H,25,26). The van der Waals surface area contributed by atoms with E-state index in [1.54, 1.807) is 12.1 Å². The molecule has 0 saturated carbocycles. The topological polar surface area (TPSA) is 75.3 Å². The molecule has 1 aliphatic rings. The van der Waals surface area contributed by atoms with E-state index in [0.717, 1.165) is 37.3 Å². The first-order chi connectivity index (χ1) is 14.0. The summed E-state index contributed by atoms with van der Waals surface area (Å²) in [6.07, 6.45) is 3.98. The number of hydrogen-bond acceptors (Lipinski definition) is 5. The minimum Gasteiger partial charge on any atom is -0.484 e. The maximum Gasteiger partial charge on any atom is 0.292 e. The summed E-state index contributed by atoms with van der Waals surface area (Å²) in [5.74, 6) is -0.0265. The number of thiophene rings is 1. The van der Waals surface area contributed by atoms with Gasteiger partial charge in [-0.25, -0.2) is 4.39 Å². The van der Waals surface area contributed by atoms with Crippen LogP contribution in [0.15, 0.2) is 34.7 Å². The molecule has 1 aromatic carbocycles. The Hall–Kier alpha value is -2.82. The molecular weight excluding hydrogens is 415 g/mol. The van der Waals surface area contributed by atoms with Crippen LogP contribution in [-0.4, -0.2) is 5.91 Å². The van der Waals surface area contributed by atoms with Crippen molar-refractivity contribution in [3.63, 3.8) is 0 Å². The molecule has 2 heterocycles. The number of furan rings is 1. The van der Waals surface area contributed by atoms with Crippen LogP contribution in [0.1, 0.15) is 45.2 Å². The van der Waals surface area contributed by atoms with Crippen molar-refractivity contribution < 1.29 is 18.3 Å². The van der Waals surface area contributed by atoms with Gasteiger partial charge < -0.3 is 14.5 Å². The van der Waals surface area contributed by atoms with Gasteiger partial charge in [0.1, 0.15) is 35.0 Å². The van der Waals surface area contributed by atoms with Crippen LogP contribution in [0.25, 0.3) is 0 Å². The highest BCUT2D eigenvalue weighted by Crippen LogP contribution is 2.37. The van der Waals surface area contributed by atoms with Gasteiger partial charge in [0.05, 0.1) is 10.6 Å². The minimum atomic E-state index is -0.452. The van der Waals surface area contributed by atoms with E-state index in [1.165, 1.54) is 28.3 Å². The summed E-state index contributed by atoms with van der Waals surface area (Å²) < 4.78 is 24.2. The van der Waals surface area contributed by atoms with Gasteiger partial charge in [-0.05, 0) is 61.6 Å². The Morgan fingerprint density at radius 2 is 2.14 bits per heavy atom. The third kappa shape index (κ3) is 4.14. The van der Waals surface area contributed by atoms with Gasteiger partial charge in [-0.3, -0.25) is 4.79 Å². The lowest BCUT2D eigenvalue weighted by Crippen LogP contribution is -2.11. The predicted octanol–water partition coefficient (Wildman–Crippen LogP) is 5.72. The zero-order valence-electron chi connectivity index (χ0n) is 15.3. The Morgan fingerprint density at radius 1 is 1.31 bits per heavy atom. The zero-order valence-corrected chi connectivity index (χ0v) is 16.8. The number of fused-ring (bicyclic) bond motifs is 1. The van der Waals surface area contributed by atoms with Gasteiger partial charge >= 0.3 is 0 Å². The Kier molecular flexibility index (Phi) is 5.56. The van der Waals surface area contributed by atoms with Gasteiger partial charge in [-0.1, -0.05) is 11.6 Å². The lowest BCUT2D eigenvalue weighted by atomic mass is 9.96. The summed E-state index contributed by atoms with van der Waals surface area (Å²) in [6, 6.07) is 9.21. The van der Waals surface area contributed by atoms with Crippen molar-refractivity contribution in [3.05, 3.63) is 68.7 Å². The molecule has 0 unspecified atom stereocenters. The zero-order chi connectivity index (χ0) is 20.4. The van der Waals surface area contributed by atoms with Crippen LogP contribution in [0.2, 0.25) is 5.02 Å². The van der Waals surface area contributed by atoms with E-state index in [4.69, 9.17) is 20.8 Å². The summed E-state index contributed by atoms with van der Waals surface area (Å²) in [6.45, 7) is 0.0371. The Labute approximate surface area is 175 Å². The van der Waals surface area contributed by atoms with Crippen molar-refractivity contribution in [2.45, 2.75) is 32.3 Å². The summed E-state index contributed by atoms with van der Waals surface area (Å²) >= 11 is 7.39. The lowest BCUT2D eigenvalue weighted by Gasteiger charge is -2.09.